The van der Waals surface area contributed by atoms with Crippen molar-refractivity contribution in [3.05, 3.63) is 34.9 Å². The topological polar surface area (TPSA) is 55.1 Å². The average Bonchev–Trinajstić information content (AvgIpc) is 2.21. The molecule has 0 aromatic heterocycles. The highest BCUT2D eigenvalue weighted by atomic mass is 19.1. The second-order valence-electron chi connectivity index (χ2n) is 4.58. The van der Waals surface area contributed by atoms with Crippen LogP contribution in [0.25, 0.3) is 0 Å². The van der Waals surface area contributed by atoms with Crippen LogP contribution in [-0.4, -0.2) is 11.9 Å². The number of rotatable bonds is 5. The Morgan fingerprint density at radius 2 is 1.94 bits per heavy atom. The van der Waals surface area contributed by atoms with Crippen molar-refractivity contribution in [1.82, 2.24) is 5.32 Å². The van der Waals surface area contributed by atoms with E-state index in [0.717, 1.165) is 0 Å². The van der Waals surface area contributed by atoms with Crippen LogP contribution in [0.2, 0.25) is 0 Å². The van der Waals surface area contributed by atoms with E-state index in [9.17, 15) is 13.6 Å². The summed E-state index contributed by atoms with van der Waals surface area (Å²) in [5, 5.41) is 3.01. The van der Waals surface area contributed by atoms with Crippen molar-refractivity contribution in [2.24, 2.45) is 5.73 Å². The first-order valence-electron chi connectivity index (χ1n) is 5.81. The molecule has 0 saturated carbocycles. The molecule has 100 valence electrons. The zero-order valence-electron chi connectivity index (χ0n) is 10.8. The van der Waals surface area contributed by atoms with Crippen molar-refractivity contribution in [2.75, 3.05) is 0 Å². The van der Waals surface area contributed by atoms with Gasteiger partial charge in [0.2, 0.25) is 5.91 Å². The third-order valence-corrected chi connectivity index (χ3v) is 2.79. The number of nitrogens with one attached hydrogen (secondary N) is 1. The second-order valence-corrected chi connectivity index (χ2v) is 4.58. The quantitative estimate of drug-likeness (QED) is 0.848. The number of aryl methyl sites for hydroxylation is 1. The number of hydrogen-bond acceptors (Lipinski definition) is 2. The fourth-order valence-electron chi connectivity index (χ4n) is 1.87. The number of nitrogens with two attached hydrogens (primary N) is 1. The van der Waals surface area contributed by atoms with Crippen LogP contribution in [0, 0.1) is 18.6 Å². The van der Waals surface area contributed by atoms with Crippen LogP contribution in [0.1, 0.15) is 37.4 Å². The standard InChI is InChI=1S/C13H18F2N2O/c1-7-4-12(15)10(6-11(7)14)9(3)17-8(2)5-13(16)18/h4,6,8-9,17H,5H2,1-3H3,(H2,16,18). The Balaban J connectivity index is 2.81. The summed E-state index contributed by atoms with van der Waals surface area (Å²) in [7, 11) is 0. The predicted molar refractivity (Wildman–Crippen MR) is 65.9 cm³/mol. The van der Waals surface area contributed by atoms with Gasteiger partial charge in [-0.15, -0.1) is 0 Å². The monoisotopic (exact) mass is 256 g/mol. The van der Waals surface area contributed by atoms with Gasteiger partial charge in [0.1, 0.15) is 11.6 Å². The smallest absolute Gasteiger partial charge is 0.218 e. The lowest BCUT2D eigenvalue weighted by molar-refractivity contribution is -0.118. The zero-order chi connectivity index (χ0) is 13.9. The molecule has 1 amide bonds. The first-order valence-corrected chi connectivity index (χ1v) is 5.81. The molecule has 0 saturated heterocycles. The van der Waals surface area contributed by atoms with Crippen molar-refractivity contribution in [2.45, 2.75) is 39.3 Å². The first kappa shape index (κ1) is 14.6. The summed E-state index contributed by atoms with van der Waals surface area (Å²) < 4.78 is 27.1. The van der Waals surface area contributed by atoms with Crippen LogP contribution >= 0.6 is 0 Å². The van der Waals surface area contributed by atoms with E-state index in [4.69, 9.17) is 5.73 Å². The minimum Gasteiger partial charge on any atom is -0.370 e. The van der Waals surface area contributed by atoms with Crippen LogP contribution in [-0.2, 0) is 4.79 Å². The molecule has 2 unspecified atom stereocenters. The average molecular weight is 256 g/mol. The van der Waals surface area contributed by atoms with Crippen molar-refractivity contribution < 1.29 is 13.6 Å². The molecular weight excluding hydrogens is 238 g/mol. The van der Waals surface area contributed by atoms with E-state index in [1.165, 1.54) is 19.1 Å². The van der Waals surface area contributed by atoms with E-state index in [0.29, 0.717) is 0 Å². The number of hydrogen-bond donors (Lipinski definition) is 2. The molecule has 2 atom stereocenters. The van der Waals surface area contributed by atoms with Crippen LogP contribution < -0.4 is 11.1 Å². The number of carbonyl (C=O) groups is 1. The summed E-state index contributed by atoms with van der Waals surface area (Å²) in [6.07, 6.45) is 0.153. The summed E-state index contributed by atoms with van der Waals surface area (Å²) in [5.41, 5.74) is 5.59. The molecule has 0 spiro atoms. The maximum atomic E-state index is 13.7. The van der Waals surface area contributed by atoms with Crippen LogP contribution in [0.5, 0.6) is 0 Å². The highest BCUT2D eigenvalue weighted by Gasteiger charge is 2.16. The normalized spacial score (nSPS) is 14.3. The summed E-state index contributed by atoms with van der Waals surface area (Å²) in [6, 6.07) is 1.76. The Morgan fingerprint density at radius 3 is 2.50 bits per heavy atom. The second kappa shape index (κ2) is 5.91. The molecule has 0 heterocycles. The molecule has 0 fully saturated rings. The van der Waals surface area contributed by atoms with Crippen molar-refractivity contribution in [3.63, 3.8) is 0 Å². The van der Waals surface area contributed by atoms with Gasteiger partial charge in [0.15, 0.2) is 0 Å². The number of halogens is 2. The lowest BCUT2D eigenvalue weighted by Crippen LogP contribution is -2.33. The van der Waals surface area contributed by atoms with Crippen LogP contribution in [0.15, 0.2) is 12.1 Å². The Kier molecular flexibility index (Phi) is 4.78. The molecule has 0 aliphatic heterocycles. The van der Waals surface area contributed by atoms with Gasteiger partial charge in [-0.25, -0.2) is 8.78 Å². The number of carbonyl (C=O) groups excluding carboxylic acids is 1. The van der Waals surface area contributed by atoms with E-state index < -0.39 is 23.6 Å². The van der Waals surface area contributed by atoms with E-state index in [1.807, 2.05) is 0 Å². The number of benzene rings is 1. The molecule has 3 nitrogen and oxygen atoms in total. The highest BCUT2D eigenvalue weighted by molar-refractivity contribution is 5.74. The molecule has 1 aromatic carbocycles. The Hall–Kier alpha value is -1.49. The number of primary amides is 1. The summed E-state index contributed by atoms with van der Waals surface area (Å²) >= 11 is 0. The van der Waals surface area contributed by atoms with Crippen molar-refractivity contribution in [1.29, 1.82) is 0 Å². The van der Waals surface area contributed by atoms with Gasteiger partial charge in [0, 0.05) is 24.1 Å². The molecule has 1 aromatic rings. The van der Waals surface area contributed by atoms with Crippen LogP contribution in [0.4, 0.5) is 8.78 Å². The molecular formula is C13H18F2N2O. The highest BCUT2D eigenvalue weighted by Crippen LogP contribution is 2.21. The molecule has 0 aliphatic carbocycles. The Bertz CT molecular complexity index is 449. The van der Waals surface area contributed by atoms with E-state index >= 15 is 0 Å². The first-order chi connectivity index (χ1) is 8.31. The van der Waals surface area contributed by atoms with E-state index in [1.54, 1.807) is 13.8 Å². The Morgan fingerprint density at radius 1 is 1.33 bits per heavy atom. The maximum Gasteiger partial charge on any atom is 0.218 e. The fraction of sp³-hybridized carbons (Fsp3) is 0.462. The van der Waals surface area contributed by atoms with E-state index in [-0.39, 0.29) is 23.6 Å². The van der Waals surface area contributed by atoms with Gasteiger partial charge in [0.05, 0.1) is 0 Å². The summed E-state index contributed by atoms with van der Waals surface area (Å²) in [6.45, 7) is 4.99. The minimum atomic E-state index is -0.458. The van der Waals surface area contributed by atoms with Gasteiger partial charge in [-0.1, -0.05) is 0 Å². The van der Waals surface area contributed by atoms with Gasteiger partial charge in [-0.2, -0.15) is 0 Å². The third kappa shape index (κ3) is 3.77. The van der Waals surface area contributed by atoms with Crippen molar-refractivity contribution in [3.8, 4) is 0 Å². The Labute approximate surface area is 105 Å². The molecule has 0 aliphatic rings. The lowest BCUT2D eigenvalue weighted by Gasteiger charge is -2.20. The lowest BCUT2D eigenvalue weighted by atomic mass is 10.0. The van der Waals surface area contributed by atoms with Crippen LogP contribution in [0.3, 0.4) is 0 Å². The summed E-state index contributed by atoms with van der Waals surface area (Å²) in [5.74, 6) is -1.33. The SMILES string of the molecule is Cc1cc(F)c(C(C)NC(C)CC(N)=O)cc1F. The molecule has 0 bridgehead atoms. The molecule has 1 rings (SSSR count). The summed E-state index contributed by atoms with van der Waals surface area (Å²) in [4.78, 5) is 10.7. The maximum absolute atomic E-state index is 13.7. The number of amides is 1. The largest absolute Gasteiger partial charge is 0.370 e. The molecule has 0 radical (unpaired) electrons. The van der Waals surface area contributed by atoms with Gasteiger partial charge < -0.3 is 11.1 Å². The molecule has 3 N–H and O–H groups in total. The minimum absolute atomic E-state index is 0.153. The van der Waals surface area contributed by atoms with Gasteiger partial charge in [-0.3, -0.25) is 4.79 Å². The zero-order valence-corrected chi connectivity index (χ0v) is 10.8. The fourth-order valence-corrected chi connectivity index (χ4v) is 1.87. The van der Waals surface area contributed by atoms with Gasteiger partial charge in [-0.05, 0) is 38.5 Å². The predicted octanol–water partition coefficient (Wildman–Crippen LogP) is 2.19. The van der Waals surface area contributed by atoms with E-state index in [2.05, 4.69) is 5.32 Å². The molecule has 5 heteroatoms. The molecule has 18 heavy (non-hydrogen) atoms. The van der Waals surface area contributed by atoms with Gasteiger partial charge in [0.25, 0.3) is 0 Å². The van der Waals surface area contributed by atoms with Crippen molar-refractivity contribution >= 4 is 5.91 Å². The van der Waals surface area contributed by atoms with Gasteiger partial charge >= 0.3 is 0 Å². The third-order valence-electron chi connectivity index (χ3n) is 2.79.